The molecule has 14 nitrogen and oxygen atoms in total. The zero-order chi connectivity index (χ0) is 54.7. The van der Waals surface area contributed by atoms with Gasteiger partial charge in [-0.3, -0.25) is 0 Å². The summed E-state index contributed by atoms with van der Waals surface area (Å²) in [6, 6.07) is 27.4. The molecular weight excluding hydrogens is 957 g/mol. The van der Waals surface area contributed by atoms with Crippen molar-refractivity contribution in [1.29, 1.82) is 0 Å². The molecule has 394 valence electrons. The van der Waals surface area contributed by atoms with Crippen LogP contribution in [-0.4, -0.2) is 61.3 Å². The third-order valence-corrected chi connectivity index (χ3v) is 16.9. The normalized spacial score (nSPS) is 22.7. The highest BCUT2D eigenvalue weighted by Crippen LogP contribution is 2.58. The Morgan fingerprint density at radius 3 is 0.960 bits per heavy atom. The van der Waals surface area contributed by atoms with Gasteiger partial charge in [0.1, 0.15) is 91.7 Å². The van der Waals surface area contributed by atoms with Gasteiger partial charge in [-0.1, -0.05) is 53.7 Å². The molecule has 0 amide bonds. The number of fused-ring (bicyclic) bond motifs is 2. The maximum absolute atomic E-state index is 11.1. The van der Waals surface area contributed by atoms with E-state index in [1.54, 1.807) is 42.5 Å². The molecular formula is C61H66O14. The van der Waals surface area contributed by atoms with Gasteiger partial charge in [-0.15, -0.1) is 0 Å². The van der Waals surface area contributed by atoms with Crippen molar-refractivity contribution < 1.29 is 70.8 Å². The van der Waals surface area contributed by atoms with E-state index in [1.165, 1.54) is 54.6 Å². The Morgan fingerprint density at radius 2 is 0.627 bits per heavy atom. The monoisotopic (exact) mass is 1020 g/mol. The molecule has 0 spiro atoms. The molecule has 0 saturated carbocycles. The maximum Gasteiger partial charge on any atom is 0.138 e. The summed E-state index contributed by atoms with van der Waals surface area (Å²) in [6.07, 6.45) is 2.12. The molecule has 0 saturated heterocycles. The summed E-state index contributed by atoms with van der Waals surface area (Å²) in [7, 11) is 0. The summed E-state index contributed by atoms with van der Waals surface area (Å²) in [5.74, 6) is 0.0640. The van der Waals surface area contributed by atoms with Crippen molar-refractivity contribution in [3.05, 3.63) is 165 Å². The summed E-state index contributed by atoms with van der Waals surface area (Å²) in [4.78, 5) is 0. The smallest absolute Gasteiger partial charge is 0.138 e. The van der Waals surface area contributed by atoms with Gasteiger partial charge in [-0.2, -0.15) is 0 Å². The van der Waals surface area contributed by atoms with E-state index in [0.29, 0.717) is 56.0 Å². The van der Waals surface area contributed by atoms with E-state index in [1.807, 2.05) is 26.0 Å². The molecule has 2 heterocycles. The molecule has 7 aromatic rings. The second-order valence-corrected chi connectivity index (χ2v) is 21.0. The molecule has 2 aliphatic rings. The Balaban J connectivity index is 0.000000205. The van der Waals surface area contributed by atoms with Crippen molar-refractivity contribution >= 4 is 0 Å². The lowest BCUT2D eigenvalue weighted by atomic mass is 9.61. The molecule has 0 aliphatic carbocycles. The zero-order valence-corrected chi connectivity index (χ0v) is 43.3. The highest BCUT2D eigenvalue weighted by Gasteiger charge is 2.54. The van der Waals surface area contributed by atoms with E-state index in [-0.39, 0.29) is 106 Å². The Morgan fingerprint density at radius 1 is 0.333 bits per heavy atom. The van der Waals surface area contributed by atoms with Gasteiger partial charge < -0.3 is 70.8 Å². The first-order valence-electron chi connectivity index (χ1n) is 25.0. The van der Waals surface area contributed by atoms with Crippen LogP contribution in [0.15, 0.2) is 109 Å². The standard InChI is InChI=1S/C34H36O8.C27H30O6/c1-5-33(3)18(2)34(4,25-9-8-24(36)15-31(25)41)42-32-17-30(40)22(13-26(32)33)12-21-11-20(28(38)16-29(21)39)10-19-6-7-23(35)14-27(19)37;1-5-26(3)15(2)27(4,20-9-8-19(29)13-24(20)32)33-25-14-23(31)17(11-21(25)26)10-16-6-7-18(28)12-22(16)30/h6-9,11,13-18,35-41H,5,10,12H2,1-4H3;6-9,11-15,28-32H,5,10H2,1-4H3. The number of hydrogen-bond acceptors (Lipinski definition) is 14. The van der Waals surface area contributed by atoms with Crippen molar-refractivity contribution in [2.24, 2.45) is 11.8 Å². The van der Waals surface area contributed by atoms with Crippen LogP contribution in [0.1, 0.15) is 124 Å². The quantitative estimate of drug-likeness (QED) is 0.0608. The predicted molar refractivity (Wildman–Crippen MR) is 283 cm³/mol. The van der Waals surface area contributed by atoms with Gasteiger partial charge in [-0.25, -0.2) is 0 Å². The average Bonchev–Trinajstić information content (AvgIpc) is 3.34. The van der Waals surface area contributed by atoms with E-state index < -0.39 is 16.6 Å². The molecule has 9 rings (SSSR count). The Hall–Kier alpha value is -8.26. The first kappa shape index (κ1) is 53.0. The summed E-state index contributed by atoms with van der Waals surface area (Å²) >= 11 is 0. The Labute approximate surface area is 435 Å². The lowest BCUT2D eigenvalue weighted by molar-refractivity contribution is -0.0332. The van der Waals surface area contributed by atoms with Crippen molar-refractivity contribution in [3.63, 3.8) is 0 Å². The van der Waals surface area contributed by atoms with E-state index in [4.69, 9.17) is 9.47 Å². The van der Waals surface area contributed by atoms with E-state index in [9.17, 15) is 61.3 Å². The number of aromatic hydroxyl groups is 12. The summed E-state index contributed by atoms with van der Waals surface area (Å²) in [5, 5.41) is 124. The second-order valence-electron chi connectivity index (χ2n) is 21.0. The first-order chi connectivity index (χ1) is 35.3. The van der Waals surface area contributed by atoms with E-state index in [0.717, 1.165) is 24.0 Å². The molecule has 12 N–H and O–H groups in total. The summed E-state index contributed by atoms with van der Waals surface area (Å²) in [5.41, 5.74) is 3.46. The van der Waals surface area contributed by atoms with Crippen LogP contribution in [0.5, 0.6) is 80.5 Å². The second kappa shape index (κ2) is 19.5. The van der Waals surface area contributed by atoms with Gasteiger partial charge >= 0.3 is 0 Å². The SMILES string of the molecule is CCC1(C)c2cc(Cc3cc(Cc4ccc(O)cc4O)c(O)cc3O)c(O)cc2OC(C)(c2ccc(O)cc2O)C1C.CCC1(C)c2cc(Cc3ccc(O)cc3O)c(O)cc2OC(C)(c2ccc(O)cc2O)C1C. The highest BCUT2D eigenvalue weighted by molar-refractivity contribution is 5.59. The van der Waals surface area contributed by atoms with Gasteiger partial charge in [0.25, 0.3) is 0 Å². The minimum Gasteiger partial charge on any atom is -0.508 e. The van der Waals surface area contributed by atoms with Gasteiger partial charge in [0.15, 0.2) is 0 Å². The fraction of sp³-hybridized carbons (Fsp3) is 0.311. The number of phenolic OH excluding ortho intramolecular Hbond substituents is 12. The van der Waals surface area contributed by atoms with E-state index >= 15 is 0 Å². The fourth-order valence-corrected chi connectivity index (χ4v) is 11.3. The summed E-state index contributed by atoms with van der Waals surface area (Å²) < 4.78 is 13.0. The molecule has 75 heavy (non-hydrogen) atoms. The van der Waals surface area contributed by atoms with Crippen LogP contribution in [0.3, 0.4) is 0 Å². The molecule has 0 fully saturated rings. The van der Waals surface area contributed by atoms with Gasteiger partial charge in [0.2, 0.25) is 0 Å². The average molecular weight is 1020 g/mol. The van der Waals surface area contributed by atoms with Crippen LogP contribution in [0.4, 0.5) is 0 Å². The van der Waals surface area contributed by atoms with Crippen LogP contribution >= 0.6 is 0 Å². The number of rotatable bonds is 10. The molecule has 0 aromatic heterocycles. The molecule has 2 aliphatic heterocycles. The van der Waals surface area contributed by atoms with Gasteiger partial charge in [0, 0.05) is 107 Å². The molecule has 14 heteroatoms. The van der Waals surface area contributed by atoms with Crippen LogP contribution in [0, 0.1) is 11.8 Å². The maximum atomic E-state index is 11.1. The molecule has 7 aromatic carbocycles. The lowest BCUT2D eigenvalue weighted by Gasteiger charge is -2.51. The van der Waals surface area contributed by atoms with Gasteiger partial charge in [0.05, 0.1) is 0 Å². The zero-order valence-electron chi connectivity index (χ0n) is 43.3. The van der Waals surface area contributed by atoms with E-state index in [2.05, 4.69) is 41.5 Å². The van der Waals surface area contributed by atoms with Crippen LogP contribution in [0.25, 0.3) is 0 Å². The lowest BCUT2D eigenvalue weighted by Crippen LogP contribution is -2.50. The first-order valence-corrected chi connectivity index (χ1v) is 25.0. The van der Waals surface area contributed by atoms with Crippen molar-refractivity contribution in [3.8, 4) is 80.5 Å². The largest absolute Gasteiger partial charge is 0.508 e. The van der Waals surface area contributed by atoms with Crippen LogP contribution < -0.4 is 9.47 Å². The Kier molecular flexibility index (Phi) is 13.8. The minimum absolute atomic E-state index is 0.0246. The van der Waals surface area contributed by atoms with Crippen LogP contribution in [0.2, 0.25) is 0 Å². The number of ether oxygens (including phenoxy) is 2. The van der Waals surface area contributed by atoms with Crippen LogP contribution in [-0.2, 0) is 41.3 Å². The number of phenols is 12. The van der Waals surface area contributed by atoms with Crippen molar-refractivity contribution in [2.75, 3.05) is 0 Å². The fourth-order valence-electron chi connectivity index (χ4n) is 11.3. The molecule has 0 bridgehead atoms. The highest BCUT2D eigenvalue weighted by atomic mass is 16.5. The van der Waals surface area contributed by atoms with Crippen molar-refractivity contribution in [2.45, 2.75) is 110 Å². The topological polar surface area (TPSA) is 261 Å². The number of benzene rings is 7. The molecule has 6 atom stereocenters. The minimum atomic E-state index is -0.965. The third-order valence-electron chi connectivity index (χ3n) is 16.9. The number of hydrogen-bond donors (Lipinski definition) is 12. The predicted octanol–water partition coefficient (Wildman–Crippen LogP) is 11.8. The van der Waals surface area contributed by atoms with Gasteiger partial charge in [-0.05, 0) is 115 Å². The summed E-state index contributed by atoms with van der Waals surface area (Å²) in [6.45, 7) is 16.4. The molecule has 6 unspecified atom stereocenters. The Bertz CT molecular complexity index is 3330. The molecule has 0 radical (unpaired) electrons. The van der Waals surface area contributed by atoms with Crippen molar-refractivity contribution in [1.82, 2.24) is 0 Å². The third kappa shape index (κ3) is 9.49.